The number of aromatic hydroxyl groups is 2. The van der Waals surface area contributed by atoms with Gasteiger partial charge < -0.3 is 21.1 Å². The summed E-state index contributed by atoms with van der Waals surface area (Å²) >= 11 is 0. The van der Waals surface area contributed by atoms with Crippen LogP contribution in [0.4, 0.5) is 0 Å². The fourth-order valence-corrected chi connectivity index (χ4v) is 0.957. The molecule has 0 saturated heterocycles. The number of hydrogen-bond acceptors (Lipinski definition) is 4. The molecule has 0 heterocycles. The van der Waals surface area contributed by atoms with Crippen molar-refractivity contribution >= 4 is 18.4 Å². The first kappa shape index (κ1) is 12.5. The second-order valence-corrected chi connectivity index (χ2v) is 2.51. The summed E-state index contributed by atoms with van der Waals surface area (Å²) in [6, 6.07) is 2.19. The number of aromatic carboxylic acids is 1. The van der Waals surface area contributed by atoms with Crippen molar-refractivity contribution in [3.05, 3.63) is 23.3 Å². The molecular formula is C8H10ClNO4. The van der Waals surface area contributed by atoms with Gasteiger partial charge in [-0.1, -0.05) is 0 Å². The molecule has 5 nitrogen and oxygen atoms in total. The third kappa shape index (κ3) is 2.27. The van der Waals surface area contributed by atoms with E-state index >= 15 is 0 Å². The third-order valence-electron chi connectivity index (χ3n) is 1.64. The summed E-state index contributed by atoms with van der Waals surface area (Å²) in [5.41, 5.74) is 5.33. The number of benzene rings is 1. The molecule has 1 rings (SSSR count). The molecular weight excluding hydrogens is 210 g/mol. The fraction of sp³-hybridized carbons (Fsp3) is 0.125. The predicted molar refractivity (Wildman–Crippen MR) is 51.9 cm³/mol. The van der Waals surface area contributed by atoms with Crippen molar-refractivity contribution in [3.8, 4) is 11.5 Å². The van der Waals surface area contributed by atoms with E-state index in [9.17, 15) is 9.90 Å². The van der Waals surface area contributed by atoms with Crippen LogP contribution in [0.5, 0.6) is 11.5 Å². The van der Waals surface area contributed by atoms with Crippen LogP contribution < -0.4 is 5.73 Å². The average Bonchev–Trinajstić information content (AvgIpc) is 2.09. The fourth-order valence-electron chi connectivity index (χ4n) is 0.957. The van der Waals surface area contributed by atoms with E-state index in [0.717, 1.165) is 6.07 Å². The summed E-state index contributed by atoms with van der Waals surface area (Å²) in [4.78, 5) is 10.5. The Kier molecular flexibility index (Phi) is 4.20. The molecule has 0 atom stereocenters. The Bertz CT molecular complexity index is 353. The predicted octanol–water partition coefficient (Wildman–Crippen LogP) is 0.677. The first-order chi connectivity index (χ1) is 6.06. The standard InChI is InChI=1S/C8H9NO4.ClH/c9-3-5-1-4(8(12)13)2-6(10)7(5)11;/h1-2,10-11H,3,9H2,(H,12,13);1H. The summed E-state index contributed by atoms with van der Waals surface area (Å²) < 4.78 is 0. The third-order valence-corrected chi connectivity index (χ3v) is 1.64. The minimum atomic E-state index is -1.18. The van der Waals surface area contributed by atoms with Crippen LogP contribution in [0.15, 0.2) is 12.1 Å². The van der Waals surface area contributed by atoms with Gasteiger partial charge >= 0.3 is 5.97 Å². The van der Waals surface area contributed by atoms with Gasteiger partial charge in [-0.05, 0) is 12.1 Å². The van der Waals surface area contributed by atoms with Crippen molar-refractivity contribution in [2.24, 2.45) is 5.73 Å². The van der Waals surface area contributed by atoms with Crippen LogP contribution in [-0.4, -0.2) is 21.3 Å². The lowest BCUT2D eigenvalue weighted by molar-refractivity contribution is 0.0696. The molecule has 0 aliphatic carbocycles. The van der Waals surface area contributed by atoms with Gasteiger partial charge in [-0.15, -0.1) is 12.4 Å². The molecule has 0 spiro atoms. The van der Waals surface area contributed by atoms with E-state index in [0.29, 0.717) is 0 Å². The number of hydrogen-bond donors (Lipinski definition) is 4. The van der Waals surface area contributed by atoms with Gasteiger partial charge in [0.05, 0.1) is 5.56 Å². The number of rotatable bonds is 2. The van der Waals surface area contributed by atoms with Crippen LogP contribution in [-0.2, 0) is 6.54 Å². The topological polar surface area (TPSA) is 104 Å². The van der Waals surface area contributed by atoms with Crippen LogP contribution in [0, 0.1) is 0 Å². The Morgan fingerprint density at radius 1 is 1.36 bits per heavy atom. The van der Waals surface area contributed by atoms with Gasteiger partial charge in [0.15, 0.2) is 11.5 Å². The zero-order valence-corrected chi connectivity index (χ0v) is 7.91. The normalized spacial score (nSPS) is 9.21. The van der Waals surface area contributed by atoms with E-state index in [1.807, 2.05) is 0 Å². The van der Waals surface area contributed by atoms with Crippen LogP contribution in [0.2, 0.25) is 0 Å². The van der Waals surface area contributed by atoms with Crippen LogP contribution in [0.1, 0.15) is 15.9 Å². The summed E-state index contributed by atoms with van der Waals surface area (Å²) in [6.45, 7) is -0.0273. The Morgan fingerprint density at radius 3 is 2.36 bits per heavy atom. The highest BCUT2D eigenvalue weighted by molar-refractivity contribution is 5.88. The maximum atomic E-state index is 10.5. The summed E-state index contributed by atoms with van der Waals surface area (Å²) in [6.07, 6.45) is 0. The van der Waals surface area contributed by atoms with Crippen molar-refractivity contribution in [3.63, 3.8) is 0 Å². The Balaban J connectivity index is 0.00000169. The maximum Gasteiger partial charge on any atom is 0.335 e. The van der Waals surface area contributed by atoms with E-state index in [-0.39, 0.29) is 35.8 Å². The number of nitrogens with two attached hydrogens (primary N) is 1. The molecule has 0 aliphatic heterocycles. The highest BCUT2D eigenvalue weighted by atomic mass is 35.5. The zero-order chi connectivity index (χ0) is 10.0. The molecule has 0 unspecified atom stereocenters. The van der Waals surface area contributed by atoms with E-state index in [1.54, 1.807) is 0 Å². The maximum absolute atomic E-state index is 10.5. The van der Waals surface area contributed by atoms with Gasteiger partial charge in [-0.25, -0.2) is 4.79 Å². The smallest absolute Gasteiger partial charge is 0.335 e. The number of phenolic OH excluding ortho intramolecular Hbond substituents is 2. The Labute approximate surface area is 86.2 Å². The number of carbonyl (C=O) groups is 1. The lowest BCUT2D eigenvalue weighted by Crippen LogP contribution is -2.01. The molecule has 14 heavy (non-hydrogen) atoms. The molecule has 0 aliphatic rings. The minimum absolute atomic E-state index is 0. The average molecular weight is 220 g/mol. The number of phenols is 2. The Morgan fingerprint density at radius 2 is 1.93 bits per heavy atom. The molecule has 0 fully saturated rings. The van der Waals surface area contributed by atoms with Gasteiger partial charge in [0.1, 0.15) is 0 Å². The van der Waals surface area contributed by atoms with E-state index < -0.39 is 11.7 Å². The first-order valence-corrected chi connectivity index (χ1v) is 3.54. The largest absolute Gasteiger partial charge is 0.504 e. The Hall–Kier alpha value is -1.46. The van der Waals surface area contributed by atoms with Gasteiger partial charge in [-0.3, -0.25) is 0 Å². The van der Waals surface area contributed by atoms with Crippen LogP contribution >= 0.6 is 12.4 Å². The van der Waals surface area contributed by atoms with Crippen LogP contribution in [0.25, 0.3) is 0 Å². The molecule has 1 aromatic carbocycles. The summed E-state index contributed by atoms with van der Waals surface area (Å²) in [5.74, 6) is -2.02. The second kappa shape index (κ2) is 4.69. The van der Waals surface area contributed by atoms with Crippen molar-refractivity contribution in [2.45, 2.75) is 6.54 Å². The van der Waals surface area contributed by atoms with Gasteiger partial charge in [0, 0.05) is 12.1 Å². The van der Waals surface area contributed by atoms with E-state index in [2.05, 4.69) is 0 Å². The molecule has 0 amide bonds. The lowest BCUT2D eigenvalue weighted by atomic mass is 10.1. The molecule has 6 heteroatoms. The number of carboxylic acids is 1. The lowest BCUT2D eigenvalue weighted by Gasteiger charge is -2.05. The van der Waals surface area contributed by atoms with Crippen molar-refractivity contribution in [1.29, 1.82) is 0 Å². The molecule has 5 N–H and O–H groups in total. The van der Waals surface area contributed by atoms with Gasteiger partial charge in [0.2, 0.25) is 0 Å². The zero-order valence-electron chi connectivity index (χ0n) is 7.10. The summed E-state index contributed by atoms with van der Waals surface area (Å²) in [5, 5.41) is 26.9. The van der Waals surface area contributed by atoms with Crippen molar-refractivity contribution < 1.29 is 20.1 Å². The monoisotopic (exact) mass is 219 g/mol. The van der Waals surface area contributed by atoms with Gasteiger partial charge in [-0.2, -0.15) is 0 Å². The van der Waals surface area contributed by atoms with Crippen molar-refractivity contribution in [1.82, 2.24) is 0 Å². The number of halogens is 1. The highest BCUT2D eigenvalue weighted by Crippen LogP contribution is 2.29. The van der Waals surface area contributed by atoms with Crippen LogP contribution in [0.3, 0.4) is 0 Å². The minimum Gasteiger partial charge on any atom is -0.504 e. The van der Waals surface area contributed by atoms with E-state index in [4.69, 9.17) is 15.9 Å². The number of carboxylic acid groups (broad SMARTS) is 1. The molecule has 0 saturated carbocycles. The molecule has 0 bridgehead atoms. The quantitative estimate of drug-likeness (QED) is 0.548. The first-order valence-electron chi connectivity index (χ1n) is 3.54. The van der Waals surface area contributed by atoms with Gasteiger partial charge in [0.25, 0.3) is 0 Å². The molecule has 0 aromatic heterocycles. The second-order valence-electron chi connectivity index (χ2n) is 2.51. The molecule has 1 aromatic rings. The summed E-state index contributed by atoms with van der Waals surface area (Å²) in [7, 11) is 0. The van der Waals surface area contributed by atoms with Crippen molar-refractivity contribution in [2.75, 3.05) is 0 Å². The molecule has 0 radical (unpaired) electrons. The molecule has 78 valence electrons. The SMILES string of the molecule is Cl.NCc1cc(C(=O)O)cc(O)c1O. The highest BCUT2D eigenvalue weighted by Gasteiger charge is 2.11. The van der Waals surface area contributed by atoms with E-state index in [1.165, 1.54) is 6.07 Å².